The number of carbonyl (C=O) groups excluding carboxylic acids is 1. The Morgan fingerprint density at radius 2 is 2.16 bits per heavy atom. The van der Waals surface area contributed by atoms with Gasteiger partial charge in [0.05, 0.1) is 11.9 Å². The number of aromatic nitrogens is 2. The first-order chi connectivity index (χ1) is 9.25. The van der Waals surface area contributed by atoms with Crippen molar-refractivity contribution >= 4 is 33.1 Å². The lowest BCUT2D eigenvalue weighted by Crippen LogP contribution is -2.44. The topological polar surface area (TPSA) is 84.1 Å². The average molecular weight is 277 g/mol. The van der Waals surface area contributed by atoms with Crippen molar-refractivity contribution < 1.29 is 4.79 Å². The van der Waals surface area contributed by atoms with Crippen molar-refractivity contribution in [1.29, 1.82) is 0 Å². The first kappa shape index (κ1) is 12.3. The van der Waals surface area contributed by atoms with Crippen molar-refractivity contribution in [3.8, 4) is 0 Å². The molecular weight excluding hydrogens is 262 g/mol. The molecule has 2 aromatic heterocycles. The van der Waals surface area contributed by atoms with E-state index in [1.165, 1.54) is 17.8 Å². The van der Waals surface area contributed by atoms with Crippen LogP contribution in [0.25, 0.3) is 10.2 Å². The number of piperidine rings is 1. The van der Waals surface area contributed by atoms with E-state index >= 15 is 0 Å². The van der Waals surface area contributed by atoms with Crippen LogP contribution in [0.5, 0.6) is 0 Å². The number of amides is 1. The fourth-order valence-electron chi connectivity index (χ4n) is 2.24. The third kappa shape index (κ3) is 2.39. The normalized spacial score (nSPS) is 16.6. The zero-order valence-electron chi connectivity index (χ0n) is 10.4. The van der Waals surface area contributed by atoms with Crippen LogP contribution in [-0.2, 0) is 0 Å². The molecule has 7 heteroatoms. The van der Waals surface area contributed by atoms with Crippen LogP contribution >= 0.6 is 11.3 Å². The van der Waals surface area contributed by atoms with E-state index in [0.717, 1.165) is 31.3 Å². The molecule has 0 saturated carbocycles. The van der Waals surface area contributed by atoms with Crippen molar-refractivity contribution in [2.45, 2.75) is 19.3 Å². The van der Waals surface area contributed by atoms with E-state index in [9.17, 15) is 4.79 Å². The van der Waals surface area contributed by atoms with Gasteiger partial charge in [0.1, 0.15) is 9.71 Å². The number of rotatable bonds is 2. The Morgan fingerprint density at radius 3 is 2.89 bits per heavy atom. The van der Waals surface area contributed by atoms with E-state index < -0.39 is 0 Å². The second-order valence-electron chi connectivity index (χ2n) is 4.58. The van der Waals surface area contributed by atoms with Crippen molar-refractivity contribution in [1.82, 2.24) is 20.6 Å². The molecule has 3 rings (SSSR count). The second-order valence-corrected chi connectivity index (χ2v) is 5.58. The highest BCUT2D eigenvalue weighted by molar-refractivity contribution is 7.21. The molecule has 6 nitrogen and oxygen atoms in total. The fraction of sp³-hybridized carbons (Fsp3) is 0.417. The molecule has 3 heterocycles. The molecule has 1 amide bonds. The Labute approximate surface area is 114 Å². The lowest BCUT2D eigenvalue weighted by molar-refractivity contribution is 0.0755. The molecule has 19 heavy (non-hydrogen) atoms. The summed E-state index contributed by atoms with van der Waals surface area (Å²) in [4.78, 5) is 13.4. The standard InChI is InChI=1S/C12H15N5OS/c13-9-8-4-5-14-15-12(8)19-10(9)11(18)16-17-6-2-1-3-7-17/h4-5H,1-3,6-7,13H2,(H,16,18). The van der Waals surface area contributed by atoms with Crippen molar-refractivity contribution in [3.05, 3.63) is 17.1 Å². The Kier molecular flexibility index (Phi) is 3.31. The summed E-state index contributed by atoms with van der Waals surface area (Å²) in [6.07, 6.45) is 5.05. The maximum atomic E-state index is 12.2. The van der Waals surface area contributed by atoms with Gasteiger partial charge in [-0.25, -0.2) is 5.01 Å². The summed E-state index contributed by atoms with van der Waals surface area (Å²) in [6.45, 7) is 1.80. The Morgan fingerprint density at radius 1 is 1.37 bits per heavy atom. The van der Waals surface area contributed by atoms with E-state index in [2.05, 4.69) is 15.6 Å². The van der Waals surface area contributed by atoms with Crippen molar-refractivity contribution in [2.75, 3.05) is 18.8 Å². The van der Waals surface area contributed by atoms with Gasteiger partial charge in [0.2, 0.25) is 0 Å². The molecule has 0 spiro atoms. The van der Waals surface area contributed by atoms with Gasteiger partial charge in [-0.3, -0.25) is 10.2 Å². The van der Waals surface area contributed by atoms with Crippen LogP contribution in [-0.4, -0.2) is 34.2 Å². The number of nitrogens with two attached hydrogens (primary N) is 1. The minimum absolute atomic E-state index is 0.151. The summed E-state index contributed by atoms with van der Waals surface area (Å²) in [5.41, 5.74) is 9.41. The van der Waals surface area contributed by atoms with Crippen LogP contribution in [0.2, 0.25) is 0 Å². The highest BCUT2D eigenvalue weighted by atomic mass is 32.1. The van der Waals surface area contributed by atoms with Crippen LogP contribution < -0.4 is 11.2 Å². The molecule has 1 aliphatic heterocycles. The highest BCUT2D eigenvalue weighted by Gasteiger charge is 2.20. The van der Waals surface area contributed by atoms with Gasteiger partial charge in [0.15, 0.2) is 0 Å². The van der Waals surface area contributed by atoms with Crippen molar-refractivity contribution in [3.63, 3.8) is 0 Å². The number of fused-ring (bicyclic) bond motifs is 1. The van der Waals surface area contributed by atoms with Gasteiger partial charge in [-0.05, 0) is 18.9 Å². The minimum atomic E-state index is -0.151. The third-order valence-electron chi connectivity index (χ3n) is 3.24. The molecule has 0 aliphatic carbocycles. The Balaban J connectivity index is 1.83. The van der Waals surface area contributed by atoms with Gasteiger partial charge >= 0.3 is 0 Å². The molecule has 1 fully saturated rings. The molecule has 0 radical (unpaired) electrons. The van der Waals surface area contributed by atoms with Gasteiger partial charge in [-0.1, -0.05) is 6.42 Å². The fourth-order valence-corrected chi connectivity index (χ4v) is 3.17. The van der Waals surface area contributed by atoms with Gasteiger partial charge < -0.3 is 5.73 Å². The first-order valence-corrected chi connectivity index (χ1v) is 7.13. The Bertz CT molecular complexity index is 605. The molecular formula is C12H15N5OS. The van der Waals surface area contributed by atoms with Crippen LogP contribution in [0, 0.1) is 0 Å². The monoisotopic (exact) mass is 277 g/mol. The molecule has 0 bridgehead atoms. The van der Waals surface area contributed by atoms with Gasteiger partial charge in [-0.15, -0.1) is 16.4 Å². The highest BCUT2D eigenvalue weighted by Crippen LogP contribution is 2.31. The quantitative estimate of drug-likeness (QED) is 0.867. The maximum Gasteiger partial charge on any atom is 0.277 e. The number of nitrogens with zero attached hydrogens (tertiary/aromatic N) is 3. The van der Waals surface area contributed by atoms with E-state index in [0.29, 0.717) is 15.4 Å². The van der Waals surface area contributed by atoms with E-state index in [1.807, 2.05) is 5.01 Å². The van der Waals surface area contributed by atoms with Gasteiger partial charge in [0, 0.05) is 18.5 Å². The predicted molar refractivity (Wildman–Crippen MR) is 74.7 cm³/mol. The SMILES string of the molecule is Nc1c(C(=O)NN2CCCCC2)sc2nnccc12. The lowest BCUT2D eigenvalue weighted by atomic mass is 10.2. The number of anilines is 1. The zero-order valence-corrected chi connectivity index (χ0v) is 11.2. The molecule has 0 unspecified atom stereocenters. The minimum Gasteiger partial charge on any atom is -0.397 e. The summed E-state index contributed by atoms with van der Waals surface area (Å²) in [6, 6.07) is 1.78. The predicted octanol–water partition coefficient (Wildman–Crippen LogP) is 1.40. The van der Waals surface area contributed by atoms with Crippen LogP contribution in [0.15, 0.2) is 12.3 Å². The van der Waals surface area contributed by atoms with Crippen LogP contribution in [0.1, 0.15) is 28.9 Å². The summed E-state index contributed by atoms with van der Waals surface area (Å²) in [7, 11) is 0. The molecule has 2 aromatic rings. The average Bonchev–Trinajstić information content (AvgIpc) is 2.78. The summed E-state index contributed by atoms with van der Waals surface area (Å²) < 4.78 is 0. The van der Waals surface area contributed by atoms with E-state index in [4.69, 9.17) is 5.73 Å². The van der Waals surface area contributed by atoms with E-state index in [1.54, 1.807) is 12.3 Å². The van der Waals surface area contributed by atoms with Crippen LogP contribution in [0.3, 0.4) is 0 Å². The van der Waals surface area contributed by atoms with Gasteiger partial charge in [-0.2, -0.15) is 5.10 Å². The van der Waals surface area contributed by atoms with E-state index in [-0.39, 0.29) is 5.91 Å². The number of nitrogen functional groups attached to an aromatic ring is 1. The molecule has 3 N–H and O–H groups in total. The summed E-state index contributed by atoms with van der Waals surface area (Å²) in [5, 5.41) is 10.5. The second kappa shape index (κ2) is 5.10. The molecule has 1 saturated heterocycles. The number of carbonyl (C=O) groups is 1. The molecule has 0 aromatic carbocycles. The number of nitrogens with one attached hydrogen (secondary N) is 1. The first-order valence-electron chi connectivity index (χ1n) is 6.31. The molecule has 0 atom stereocenters. The summed E-state index contributed by atoms with van der Waals surface area (Å²) in [5.74, 6) is -0.151. The number of hydrazine groups is 1. The van der Waals surface area contributed by atoms with Crippen LogP contribution in [0.4, 0.5) is 5.69 Å². The number of hydrogen-bond acceptors (Lipinski definition) is 6. The molecule has 100 valence electrons. The molecule has 1 aliphatic rings. The lowest BCUT2D eigenvalue weighted by Gasteiger charge is -2.26. The Hall–Kier alpha value is -1.73. The van der Waals surface area contributed by atoms with Crippen molar-refractivity contribution in [2.24, 2.45) is 0 Å². The van der Waals surface area contributed by atoms with Gasteiger partial charge in [0.25, 0.3) is 5.91 Å². The smallest absolute Gasteiger partial charge is 0.277 e. The number of thiophene rings is 1. The number of hydrogen-bond donors (Lipinski definition) is 2. The zero-order chi connectivity index (χ0) is 13.2. The maximum absolute atomic E-state index is 12.2. The third-order valence-corrected chi connectivity index (χ3v) is 4.35. The largest absolute Gasteiger partial charge is 0.397 e. The summed E-state index contributed by atoms with van der Waals surface area (Å²) >= 11 is 1.28.